The normalized spacial score (nSPS) is 34.3. The summed E-state index contributed by atoms with van der Waals surface area (Å²) in [6.07, 6.45) is 1.56. The van der Waals surface area contributed by atoms with Gasteiger partial charge in [-0.1, -0.05) is 13.3 Å². The molecule has 1 saturated carbocycles. The average Bonchev–Trinajstić information content (AvgIpc) is 2.85. The quantitative estimate of drug-likeness (QED) is 0.666. The second-order valence-corrected chi connectivity index (χ2v) is 5.08. The molecule has 2 amide bonds. The van der Waals surface area contributed by atoms with Crippen molar-refractivity contribution in [2.75, 3.05) is 13.2 Å². The predicted octanol–water partition coefficient (Wildman–Crippen LogP) is -0.239. The van der Waals surface area contributed by atoms with Gasteiger partial charge in [0.15, 0.2) is 0 Å². The van der Waals surface area contributed by atoms with E-state index >= 15 is 0 Å². The Labute approximate surface area is 100 Å². The molecule has 2 N–H and O–H groups in total. The van der Waals surface area contributed by atoms with Gasteiger partial charge in [0.05, 0.1) is 31.1 Å². The fraction of sp³-hybridized carbons (Fsp3) is 0.833. The Morgan fingerprint density at radius 2 is 1.82 bits per heavy atom. The molecule has 1 aliphatic heterocycles. The van der Waals surface area contributed by atoms with Crippen LogP contribution in [0.15, 0.2) is 0 Å². The van der Waals surface area contributed by atoms with Crippen molar-refractivity contribution in [3.63, 3.8) is 0 Å². The van der Waals surface area contributed by atoms with Gasteiger partial charge in [-0.15, -0.1) is 0 Å². The molecule has 5 nitrogen and oxygen atoms in total. The number of hydrogen-bond donors (Lipinski definition) is 2. The zero-order valence-electron chi connectivity index (χ0n) is 10.0. The SMILES string of the molecule is CCC1CC2C(=O)N(CC(O)CO)C(=O)C2C1. The molecule has 1 heterocycles. The Kier molecular flexibility index (Phi) is 3.49. The van der Waals surface area contributed by atoms with Crippen LogP contribution in [0.25, 0.3) is 0 Å². The largest absolute Gasteiger partial charge is 0.394 e. The fourth-order valence-electron chi connectivity index (χ4n) is 2.98. The average molecular weight is 241 g/mol. The van der Waals surface area contributed by atoms with E-state index < -0.39 is 12.7 Å². The van der Waals surface area contributed by atoms with Crippen molar-refractivity contribution in [3.8, 4) is 0 Å². The van der Waals surface area contributed by atoms with Crippen LogP contribution >= 0.6 is 0 Å². The summed E-state index contributed by atoms with van der Waals surface area (Å²) in [5.74, 6) is -0.216. The molecule has 17 heavy (non-hydrogen) atoms. The van der Waals surface area contributed by atoms with E-state index in [4.69, 9.17) is 5.11 Å². The minimum atomic E-state index is -1.02. The van der Waals surface area contributed by atoms with Gasteiger partial charge in [-0.2, -0.15) is 0 Å². The summed E-state index contributed by atoms with van der Waals surface area (Å²) in [4.78, 5) is 25.2. The zero-order valence-corrected chi connectivity index (χ0v) is 10.0. The second-order valence-electron chi connectivity index (χ2n) is 5.08. The third-order valence-corrected chi connectivity index (χ3v) is 4.01. The molecule has 1 saturated heterocycles. The maximum atomic E-state index is 12.0. The molecule has 3 unspecified atom stereocenters. The molecule has 96 valence electrons. The lowest BCUT2D eigenvalue weighted by Crippen LogP contribution is -2.39. The lowest BCUT2D eigenvalue weighted by molar-refractivity contribution is -0.142. The highest BCUT2D eigenvalue weighted by Gasteiger charge is 2.52. The Morgan fingerprint density at radius 3 is 2.24 bits per heavy atom. The maximum absolute atomic E-state index is 12.0. The standard InChI is InChI=1S/C12H19NO4/c1-2-7-3-9-10(4-7)12(17)13(11(9)16)5-8(15)6-14/h7-10,14-15H,2-6H2,1H3. The number of likely N-dealkylation sites (tertiary alicyclic amines) is 1. The van der Waals surface area contributed by atoms with Gasteiger partial charge in [-0.25, -0.2) is 0 Å². The molecule has 5 heteroatoms. The summed E-state index contributed by atoms with van der Waals surface area (Å²) in [6, 6.07) is 0. The van der Waals surface area contributed by atoms with Crippen LogP contribution < -0.4 is 0 Å². The van der Waals surface area contributed by atoms with Gasteiger partial charge < -0.3 is 10.2 Å². The number of amides is 2. The predicted molar refractivity (Wildman–Crippen MR) is 59.8 cm³/mol. The van der Waals surface area contributed by atoms with Crippen molar-refractivity contribution >= 4 is 11.8 Å². The lowest BCUT2D eigenvalue weighted by atomic mass is 10.00. The van der Waals surface area contributed by atoms with Gasteiger partial charge >= 0.3 is 0 Å². The number of carbonyl (C=O) groups excluding carboxylic acids is 2. The first kappa shape index (κ1) is 12.5. The number of β-amino-alcohol motifs (C(OH)–C–C–N with tert-alkyl or cyclic N) is 1. The molecule has 0 bridgehead atoms. The molecule has 3 atom stereocenters. The first-order valence-electron chi connectivity index (χ1n) is 6.22. The summed E-state index contributed by atoms with van der Waals surface area (Å²) in [5, 5.41) is 18.1. The van der Waals surface area contributed by atoms with Crippen LogP contribution in [0.4, 0.5) is 0 Å². The van der Waals surface area contributed by atoms with Gasteiger partial charge in [0.25, 0.3) is 0 Å². The lowest BCUT2D eigenvalue weighted by Gasteiger charge is -2.19. The molecule has 1 aliphatic carbocycles. The number of fused-ring (bicyclic) bond motifs is 1. The van der Waals surface area contributed by atoms with Gasteiger partial charge in [-0.3, -0.25) is 14.5 Å². The number of carbonyl (C=O) groups is 2. The van der Waals surface area contributed by atoms with Crippen molar-refractivity contribution in [3.05, 3.63) is 0 Å². The molecular formula is C12H19NO4. The molecule has 2 aliphatic rings. The molecule has 0 spiro atoms. The number of aliphatic hydroxyl groups is 2. The molecule has 2 fully saturated rings. The van der Waals surface area contributed by atoms with Crippen LogP contribution in [-0.2, 0) is 9.59 Å². The van der Waals surface area contributed by atoms with Crippen LogP contribution in [0.5, 0.6) is 0 Å². The van der Waals surface area contributed by atoms with Crippen LogP contribution in [0.3, 0.4) is 0 Å². The van der Waals surface area contributed by atoms with E-state index in [9.17, 15) is 14.7 Å². The molecule has 2 rings (SSSR count). The summed E-state index contributed by atoms with van der Waals surface area (Å²) in [7, 11) is 0. The highest BCUT2D eigenvalue weighted by atomic mass is 16.3. The number of rotatable bonds is 4. The van der Waals surface area contributed by atoms with Crippen molar-refractivity contribution < 1.29 is 19.8 Å². The van der Waals surface area contributed by atoms with E-state index in [1.165, 1.54) is 0 Å². The number of aliphatic hydroxyl groups excluding tert-OH is 2. The Hall–Kier alpha value is -0.940. The number of nitrogens with zero attached hydrogens (tertiary/aromatic N) is 1. The fourth-order valence-corrected chi connectivity index (χ4v) is 2.98. The van der Waals surface area contributed by atoms with E-state index in [-0.39, 0.29) is 30.2 Å². The summed E-state index contributed by atoms with van der Waals surface area (Å²) in [6.45, 7) is 1.58. The zero-order chi connectivity index (χ0) is 12.6. The Balaban J connectivity index is 2.06. The topological polar surface area (TPSA) is 77.8 Å². The number of hydrogen-bond acceptors (Lipinski definition) is 4. The van der Waals surface area contributed by atoms with E-state index in [0.717, 1.165) is 24.2 Å². The van der Waals surface area contributed by atoms with Crippen LogP contribution in [0, 0.1) is 17.8 Å². The van der Waals surface area contributed by atoms with Crippen molar-refractivity contribution in [2.45, 2.75) is 32.3 Å². The third-order valence-electron chi connectivity index (χ3n) is 4.01. The van der Waals surface area contributed by atoms with E-state index in [1.54, 1.807) is 0 Å². The highest BCUT2D eigenvalue weighted by molar-refractivity contribution is 6.05. The summed E-state index contributed by atoms with van der Waals surface area (Å²) >= 11 is 0. The molecule has 0 aromatic heterocycles. The first-order valence-corrected chi connectivity index (χ1v) is 6.22. The maximum Gasteiger partial charge on any atom is 0.233 e. The molecule has 0 aromatic carbocycles. The highest BCUT2D eigenvalue weighted by Crippen LogP contribution is 2.44. The minimum absolute atomic E-state index is 0.0715. The molecular weight excluding hydrogens is 222 g/mol. The first-order chi connectivity index (χ1) is 8.08. The van der Waals surface area contributed by atoms with Crippen LogP contribution in [0.2, 0.25) is 0 Å². The van der Waals surface area contributed by atoms with Crippen molar-refractivity contribution in [1.82, 2.24) is 4.90 Å². The monoisotopic (exact) mass is 241 g/mol. The summed E-state index contributed by atoms with van der Waals surface area (Å²) < 4.78 is 0. The van der Waals surface area contributed by atoms with E-state index in [0.29, 0.717) is 5.92 Å². The Morgan fingerprint density at radius 1 is 1.29 bits per heavy atom. The molecule has 0 radical (unpaired) electrons. The van der Waals surface area contributed by atoms with Gasteiger partial charge in [0.1, 0.15) is 0 Å². The van der Waals surface area contributed by atoms with Gasteiger partial charge in [0.2, 0.25) is 11.8 Å². The number of imide groups is 1. The smallest absolute Gasteiger partial charge is 0.233 e. The summed E-state index contributed by atoms with van der Waals surface area (Å²) in [5.41, 5.74) is 0. The van der Waals surface area contributed by atoms with Crippen LogP contribution in [0.1, 0.15) is 26.2 Å². The minimum Gasteiger partial charge on any atom is -0.394 e. The van der Waals surface area contributed by atoms with Crippen molar-refractivity contribution in [2.24, 2.45) is 17.8 Å². The van der Waals surface area contributed by atoms with Gasteiger partial charge in [0, 0.05) is 0 Å². The third kappa shape index (κ3) is 2.09. The Bertz CT molecular complexity index is 306. The van der Waals surface area contributed by atoms with Crippen LogP contribution in [-0.4, -0.2) is 46.2 Å². The van der Waals surface area contributed by atoms with E-state index in [1.807, 2.05) is 0 Å². The van der Waals surface area contributed by atoms with Gasteiger partial charge in [-0.05, 0) is 18.8 Å². The second kappa shape index (κ2) is 4.74. The molecule has 0 aromatic rings. The van der Waals surface area contributed by atoms with Crippen molar-refractivity contribution in [1.29, 1.82) is 0 Å². The van der Waals surface area contributed by atoms with E-state index in [2.05, 4.69) is 6.92 Å².